The van der Waals surface area contributed by atoms with Crippen LogP contribution in [0.3, 0.4) is 0 Å². The van der Waals surface area contributed by atoms with Gasteiger partial charge in [0.25, 0.3) is 5.91 Å². The van der Waals surface area contributed by atoms with Crippen molar-refractivity contribution in [1.29, 1.82) is 0 Å². The monoisotopic (exact) mass is 415 g/mol. The van der Waals surface area contributed by atoms with Gasteiger partial charge in [-0.3, -0.25) is 4.79 Å². The van der Waals surface area contributed by atoms with Crippen LogP contribution in [0.25, 0.3) is 5.52 Å². The lowest BCUT2D eigenvalue weighted by Crippen LogP contribution is -2.59. The minimum Gasteiger partial charge on any atom is -0.385 e. The fourth-order valence-electron chi connectivity index (χ4n) is 6.01. The van der Waals surface area contributed by atoms with Crippen LogP contribution in [-0.4, -0.2) is 37.9 Å². The Hall–Kier alpha value is -2.66. The summed E-state index contributed by atoms with van der Waals surface area (Å²) in [6.07, 6.45) is 9.03. The van der Waals surface area contributed by atoms with Crippen LogP contribution >= 0.6 is 0 Å². The highest BCUT2D eigenvalue weighted by molar-refractivity contribution is 5.99. The number of carbonyl (C=O) groups is 1. The van der Waals surface area contributed by atoms with Crippen LogP contribution in [0, 0.1) is 5.92 Å². The van der Waals surface area contributed by atoms with Crippen LogP contribution < -0.4 is 0 Å². The Balaban J connectivity index is 1.37. The molecule has 2 saturated carbocycles. The predicted octanol–water partition coefficient (Wildman–Crippen LogP) is 4.50. The molecule has 5 heteroatoms. The maximum Gasteiger partial charge on any atom is 0.274 e. The molecule has 3 aromatic rings. The number of likely N-dealkylation sites (tertiary alicyclic amines) is 1. The van der Waals surface area contributed by atoms with Gasteiger partial charge in [-0.25, -0.2) is 4.98 Å². The summed E-state index contributed by atoms with van der Waals surface area (Å²) < 4.78 is 2.10. The van der Waals surface area contributed by atoms with Gasteiger partial charge in [0, 0.05) is 30.6 Å². The quantitative estimate of drug-likeness (QED) is 0.685. The van der Waals surface area contributed by atoms with Gasteiger partial charge in [0.15, 0.2) is 5.69 Å². The molecule has 1 aromatic carbocycles. The highest BCUT2D eigenvalue weighted by Gasteiger charge is 2.50. The fourth-order valence-corrected chi connectivity index (χ4v) is 6.01. The smallest absolute Gasteiger partial charge is 0.274 e. The molecule has 3 atom stereocenters. The van der Waals surface area contributed by atoms with Crippen LogP contribution in [-0.2, 0) is 5.60 Å². The van der Waals surface area contributed by atoms with Gasteiger partial charge in [0.2, 0.25) is 0 Å². The number of hydrogen-bond donors (Lipinski definition) is 1. The Kier molecular flexibility index (Phi) is 4.42. The molecule has 1 N–H and O–H groups in total. The lowest BCUT2D eigenvalue weighted by Gasteiger charge is -2.52. The molecule has 0 bridgehead atoms. The van der Waals surface area contributed by atoms with Crippen LogP contribution in [0.5, 0.6) is 0 Å². The second-order valence-corrected chi connectivity index (χ2v) is 9.55. The van der Waals surface area contributed by atoms with E-state index in [4.69, 9.17) is 4.98 Å². The number of aromatic nitrogens is 2. The molecule has 3 fully saturated rings. The number of hydrogen-bond acceptors (Lipinski definition) is 3. The molecule has 1 amide bonds. The van der Waals surface area contributed by atoms with E-state index < -0.39 is 5.60 Å². The highest BCUT2D eigenvalue weighted by Crippen LogP contribution is 2.47. The third-order valence-electron chi connectivity index (χ3n) is 7.73. The molecule has 0 spiro atoms. The van der Waals surface area contributed by atoms with Gasteiger partial charge in [0.05, 0.1) is 11.1 Å². The predicted molar refractivity (Wildman–Crippen MR) is 119 cm³/mol. The minimum absolute atomic E-state index is 0.0302. The molecule has 6 rings (SSSR count). The number of rotatable bonds is 3. The number of amides is 1. The molecule has 2 aromatic heterocycles. The van der Waals surface area contributed by atoms with Crippen LogP contribution in [0.4, 0.5) is 0 Å². The molecular formula is C26H29N3O2. The first-order valence-electron chi connectivity index (χ1n) is 11.7. The zero-order valence-electron chi connectivity index (χ0n) is 17.8. The second kappa shape index (κ2) is 7.20. The SMILES string of the molecule is O=C(c1nc(C2CC2)n2ccccc12)N1CC[C@](O)(c2ccccc2)[C@H]2CCCC[C@H]21. The molecule has 160 valence electrons. The van der Waals surface area contributed by atoms with E-state index in [1.165, 1.54) is 0 Å². The van der Waals surface area contributed by atoms with E-state index in [0.29, 0.717) is 24.6 Å². The average Bonchev–Trinajstić information content (AvgIpc) is 3.60. The lowest BCUT2D eigenvalue weighted by molar-refractivity contribution is -0.110. The van der Waals surface area contributed by atoms with Gasteiger partial charge in [-0.1, -0.05) is 49.2 Å². The average molecular weight is 416 g/mol. The molecule has 1 saturated heterocycles. The first-order valence-corrected chi connectivity index (χ1v) is 11.7. The van der Waals surface area contributed by atoms with Crippen molar-refractivity contribution < 1.29 is 9.90 Å². The number of fused-ring (bicyclic) bond motifs is 2. The van der Waals surface area contributed by atoms with Crippen molar-refractivity contribution in [2.45, 2.75) is 62.5 Å². The van der Waals surface area contributed by atoms with Gasteiger partial charge in [-0.05, 0) is 49.8 Å². The van der Waals surface area contributed by atoms with Crippen molar-refractivity contribution in [2.24, 2.45) is 5.92 Å². The van der Waals surface area contributed by atoms with E-state index >= 15 is 0 Å². The number of carbonyl (C=O) groups excluding carboxylic acids is 1. The first-order chi connectivity index (χ1) is 15.2. The van der Waals surface area contributed by atoms with Crippen LogP contribution in [0.1, 0.15) is 72.7 Å². The Morgan fingerprint density at radius 2 is 1.77 bits per heavy atom. The van der Waals surface area contributed by atoms with Crippen molar-refractivity contribution in [1.82, 2.24) is 14.3 Å². The standard InChI is InChI=1S/C26H29N3O2/c30-25(23-22-12-6-7-16-28(22)24(27-23)18-13-14-18)29-17-15-26(31,19-8-2-1-3-9-19)20-10-4-5-11-21(20)29/h1-3,6-9,12,16,18,20-21,31H,4-5,10-11,13-15,17H2/t20-,21+,26-/m0/s1. The fraction of sp³-hybridized carbons (Fsp3) is 0.462. The molecule has 1 aliphatic heterocycles. The molecule has 2 aliphatic carbocycles. The minimum atomic E-state index is -0.863. The number of benzene rings is 1. The Morgan fingerprint density at radius 1 is 1.00 bits per heavy atom. The number of nitrogens with zero attached hydrogens (tertiary/aromatic N) is 3. The van der Waals surface area contributed by atoms with E-state index in [-0.39, 0.29) is 17.9 Å². The first kappa shape index (κ1) is 19.1. The van der Waals surface area contributed by atoms with Crippen LogP contribution in [0.2, 0.25) is 0 Å². The van der Waals surface area contributed by atoms with E-state index in [2.05, 4.69) is 4.40 Å². The van der Waals surface area contributed by atoms with E-state index in [1.54, 1.807) is 0 Å². The lowest BCUT2D eigenvalue weighted by atomic mass is 9.66. The molecular weight excluding hydrogens is 386 g/mol. The Labute approximate surface area is 182 Å². The maximum atomic E-state index is 13.8. The summed E-state index contributed by atoms with van der Waals surface area (Å²) in [5.74, 6) is 1.60. The number of aliphatic hydroxyl groups is 1. The van der Waals surface area contributed by atoms with E-state index in [1.807, 2.05) is 59.6 Å². The zero-order chi connectivity index (χ0) is 21.0. The van der Waals surface area contributed by atoms with Crippen molar-refractivity contribution in [3.63, 3.8) is 0 Å². The van der Waals surface area contributed by atoms with Gasteiger partial charge in [-0.2, -0.15) is 0 Å². The van der Waals surface area contributed by atoms with Crippen molar-refractivity contribution in [2.75, 3.05) is 6.54 Å². The van der Waals surface area contributed by atoms with Gasteiger partial charge >= 0.3 is 0 Å². The molecule has 31 heavy (non-hydrogen) atoms. The number of imidazole rings is 1. The summed E-state index contributed by atoms with van der Waals surface area (Å²) >= 11 is 0. The number of piperidine rings is 1. The Bertz CT molecular complexity index is 1120. The van der Waals surface area contributed by atoms with Crippen molar-refractivity contribution in [3.8, 4) is 0 Å². The summed E-state index contributed by atoms with van der Waals surface area (Å²) in [6, 6.07) is 16.1. The summed E-state index contributed by atoms with van der Waals surface area (Å²) in [6.45, 7) is 0.565. The maximum absolute atomic E-state index is 13.8. The summed E-state index contributed by atoms with van der Waals surface area (Å²) in [4.78, 5) is 20.7. The third-order valence-corrected chi connectivity index (χ3v) is 7.73. The molecule has 3 aliphatic rings. The van der Waals surface area contributed by atoms with E-state index in [9.17, 15) is 9.90 Å². The molecule has 3 heterocycles. The zero-order valence-corrected chi connectivity index (χ0v) is 17.8. The topological polar surface area (TPSA) is 57.8 Å². The normalized spacial score (nSPS) is 28.5. The summed E-state index contributed by atoms with van der Waals surface area (Å²) in [5.41, 5.74) is 1.61. The molecule has 5 nitrogen and oxygen atoms in total. The largest absolute Gasteiger partial charge is 0.385 e. The van der Waals surface area contributed by atoms with Gasteiger partial charge in [0.1, 0.15) is 5.82 Å². The summed E-state index contributed by atoms with van der Waals surface area (Å²) in [7, 11) is 0. The van der Waals surface area contributed by atoms with Gasteiger partial charge in [-0.15, -0.1) is 0 Å². The van der Waals surface area contributed by atoms with Crippen molar-refractivity contribution in [3.05, 3.63) is 71.8 Å². The van der Waals surface area contributed by atoms with Crippen molar-refractivity contribution >= 4 is 11.4 Å². The third kappa shape index (κ3) is 3.01. The van der Waals surface area contributed by atoms with Gasteiger partial charge < -0.3 is 14.4 Å². The molecule has 0 radical (unpaired) electrons. The number of pyridine rings is 1. The second-order valence-electron chi connectivity index (χ2n) is 9.55. The summed E-state index contributed by atoms with van der Waals surface area (Å²) in [5, 5.41) is 11.8. The Morgan fingerprint density at radius 3 is 2.58 bits per heavy atom. The van der Waals surface area contributed by atoms with E-state index in [0.717, 1.165) is 55.4 Å². The highest BCUT2D eigenvalue weighted by atomic mass is 16.3. The molecule has 0 unspecified atom stereocenters. The van der Waals surface area contributed by atoms with Crippen LogP contribution in [0.15, 0.2) is 54.7 Å².